The van der Waals surface area contributed by atoms with Crippen molar-refractivity contribution in [2.75, 3.05) is 18.8 Å². The van der Waals surface area contributed by atoms with E-state index >= 15 is 0 Å². The zero-order valence-electron chi connectivity index (χ0n) is 8.64. The van der Waals surface area contributed by atoms with Crippen molar-refractivity contribution in [3.05, 3.63) is 0 Å². The summed E-state index contributed by atoms with van der Waals surface area (Å²) in [5.41, 5.74) is 0. The summed E-state index contributed by atoms with van der Waals surface area (Å²) in [6, 6.07) is 0. The van der Waals surface area contributed by atoms with Crippen LogP contribution in [-0.4, -0.2) is 27.8 Å². The Morgan fingerprint density at radius 2 is 1.83 bits per heavy atom. The first-order valence-corrected chi connectivity index (χ1v) is 5.89. The van der Waals surface area contributed by atoms with Crippen LogP contribution in [0.5, 0.6) is 0 Å². The standard InChI is InChI=1S/C9H21NOS/c1-5-6-10-7-8-12(11)9(2,3)4/h10H,5-8H2,1-4H3. The van der Waals surface area contributed by atoms with E-state index in [1.54, 1.807) is 0 Å². The average Bonchev–Trinajstić information content (AvgIpc) is 1.96. The zero-order chi connectivity index (χ0) is 9.61. The van der Waals surface area contributed by atoms with Crippen molar-refractivity contribution in [3.63, 3.8) is 0 Å². The molecule has 0 saturated heterocycles. The van der Waals surface area contributed by atoms with E-state index in [1.807, 2.05) is 20.8 Å². The molecule has 0 fully saturated rings. The fourth-order valence-electron chi connectivity index (χ4n) is 0.773. The van der Waals surface area contributed by atoms with Crippen molar-refractivity contribution < 1.29 is 4.21 Å². The van der Waals surface area contributed by atoms with Gasteiger partial charge in [-0.2, -0.15) is 0 Å². The van der Waals surface area contributed by atoms with Gasteiger partial charge in [0.05, 0.1) is 0 Å². The smallest absolute Gasteiger partial charge is 0.0375 e. The van der Waals surface area contributed by atoms with Gasteiger partial charge in [-0.3, -0.25) is 4.21 Å². The van der Waals surface area contributed by atoms with Crippen molar-refractivity contribution in [1.29, 1.82) is 0 Å². The largest absolute Gasteiger partial charge is 0.316 e. The molecule has 0 radical (unpaired) electrons. The van der Waals surface area contributed by atoms with Crippen molar-refractivity contribution in [2.45, 2.75) is 38.9 Å². The Hall–Kier alpha value is 0.110. The second-order valence-electron chi connectivity index (χ2n) is 3.91. The second kappa shape index (κ2) is 5.70. The summed E-state index contributed by atoms with van der Waals surface area (Å²) in [5, 5.41) is 3.24. The molecular weight excluding hydrogens is 170 g/mol. The lowest BCUT2D eigenvalue weighted by Gasteiger charge is -2.17. The number of hydrogen-bond donors (Lipinski definition) is 1. The van der Waals surface area contributed by atoms with E-state index in [0.717, 1.165) is 25.3 Å². The van der Waals surface area contributed by atoms with Gasteiger partial charge in [-0.15, -0.1) is 0 Å². The molecule has 0 saturated carbocycles. The van der Waals surface area contributed by atoms with Gasteiger partial charge in [0.25, 0.3) is 0 Å². The molecule has 2 nitrogen and oxygen atoms in total. The number of rotatable bonds is 5. The molecule has 0 spiro atoms. The summed E-state index contributed by atoms with van der Waals surface area (Å²) < 4.78 is 11.4. The van der Waals surface area contributed by atoms with Crippen molar-refractivity contribution >= 4 is 10.8 Å². The van der Waals surface area contributed by atoms with Crippen LogP contribution in [0.15, 0.2) is 0 Å². The van der Waals surface area contributed by atoms with Gasteiger partial charge in [0.2, 0.25) is 0 Å². The summed E-state index contributed by atoms with van der Waals surface area (Å²) in [7, 11) is -0.703. The minimum Gasteiger partial charge on any atom is -0.316 e. The maximum Gasteiger partial charge on any atom is 0.0375 e. The molecule has 1 N–H and O–H groups in total. The maximum atomic E-state index is 11.5. The summed E-state index contributed by atoms with van der Waals surface area (Å²) >= 11 is 0. The highest BCUT2D eigenvalue weighted by molar-refractivity contribution is 7.86. The minimum atomic E-state index is -0.703. The van der Waals surface area contributed by atoms with Gasteiger partial charge in [-0.25, -0.2) is 0 Å². The summed E-state index contributed by atoms with van der Waals surface area (Å²) in [6.45, 7) is 10.1. The van der Waals surface area contributed by atoms with Gasteiger partial charge in [0.1, 0.15) is 0 Å². The summed E-state index contributed by atoms with van der Waals surface area (Å²) in [5.74, 6) is 0.767. The predicted molar refractivity (Wildman–Crippen MR) is 55.9 cm³/mol. The average molecular weight is 191 g/mol. The van der Waals surface area contributed by atoms with E-state index in [2.05, 4.69) is 12.2 Å². The molecule has 0 aromatic carbocycles. The van der Waals surface area contributed by atoms with Gasteiger partial charge in [0, 0.05) is 27.8 Å². The molecule has 0 aliphatic carbocycles. The highest BCUT2D eigenvalue weighted by Gasteiger charge is 2.18. The third-order valence-corrected chi connectivity index (χ3v) is 3.51. The molecule has 0 aliphatic heterocycles. The second-order valence-corrected chi connectivity index (χ2v) is 6.24. The lowest BCUT2D eigenvalue weighted by Crippen LogP contribution is -2.29. The SMILES string of the molecule is CCCNCCS(=O)C(C)(C)C. The Balaban J connectivity index is 3.45. The first-order valence-electron chi connectivity index (χ1n) is 4.57. The molecule has 0 heterocycles. The van der Waals surface area contributed by atoms with E-state index in [-0.39, 0.29) is 4.75 Å². The number of hydrogen-bond acceptors (Lipinski definition) is 2. The fraction of sp³-hybridized carbons (Fsp3) is 1.00. The van der Waals surface area contributed by atoms with Crippen LogP contribution in [-0.2, 0) is 10.8 Å². The Morgan fingerprint density at radius 3 is 2.25 bits per heavy atom. The minimum absolute atomic E-state index is 0.0616. The third-order valence-electron chi connectivity index (χ3n) is 1.57. The molecule has 0 aromatic heterocycles. The van der Waals surface area contributed by atoms with Crippen molar-refractivity contribution in [3.8, 4) is 0 Å². The van der Waals surface area contributed by atoms with Gasteiger partial charge < -0.3 is 5.32 Å². The molecule has 3 heteroatoms. The van der Waals surface area contributed by atoms with Crippen LogP contribution in [0.2, 0.25) is 0 Å². The molecule has 74 valence electrons. The molecule has 0 rings (SSSR count). The third kappa shape index (κ3) is 5.72. The number of nitrogens with one attached hydrogen (secondary N) is 1. The first kappa shape index (κ1) is 12.1. The molecular formula is C9H21NOS. The van der Waals surface area contributed by atoms with Crippen molar-refractivity contribution in [2.24, 2.45) is 0 Å². The molecule has 0 bridgehead atoms. The van der Waals surface area contributed by atoms with Gasteiger partial charge >= 0.3 is 0 Å². The summed E-state index contributed by atoms with van der Waals surface area (Å²) in [4.78, 5) is 0. The molecule has 1 atom stereocenters. The maximum absolute atomic E-state index is 11.5. The Bertz CT molecular complexity index is 140. The van der Waals surface area contributed by atoms with Crippen LogP contribution in [0.3, 0.4) is 0 Å². The highest BCUT2D eigenvalue weighted by atomic mass is 32.2. The fourth-order valence-corrected chi connectivity index (χ4v) is 1.71. The zero-order valence-corrected chi connectivity index (χ0v) is 9.46. The van der Waals surface area contributed by atoms with Crippen LogP contribution >= 0.6 is 0 Å². The lowest BCUT2D eigenvalue weighted by atomic mass is 10.3. The monoisotopic (exact) mass is 191 g/mol. The van der Waals surface area contributed by atoms with Crippen LogP contribution in [0, 0.1) is 0 Å². The Labute approximate surface area is 78.6 Å². The molecule has 0 aliphatic rings. The Morgan fingerprint density at radius 1 is 1.25 bits per heavy atom. The van der Waals surface area contributed by atoms with E-state index in [0.29, 0.717) is 0 Å². The van der Waals surface area contributed by atoms with Crippen molar-refractivity contribution in [1.82, 2.24) is 5.32 Å². The van der Waals surface area contributed by atoms with Crippen LogP contribution < -0.4 is 5.32 Å². The predicted octanol–water partition coefficient (Wildman–Crippen LogP) is 1.53. The van der Waals surface area contributed by atoms with Gasteiger partial charge in [-0.1, -0.05) is 6.92 Å². The molecule has 12 heavy (non-hydrogen) atoms. The van der Waals surface area contributed by atoms with Gasteiger partial charge in [0.15, 0.2) is 0 Å². The quantitative estimate of drug-likeness (QED) is 0.668. The van der Waals surface area contributed by atoms with Crippen LogP contribution in [0.4, 0.5) is 0 Å². The first-order chi connectivity index (χ1) is 5.48. The van der Waals surface area contributed by atoms with Crippen LogP contribution in [0.25, 0.3) is 0 Å². The van der Waals surface area contributed by atoms with E-state index in [4.69, 9.17) is 0 Å². The van der Waals surface area contributed by atoms with E-state index < -0.39 is 10.8 Å². The van der Waals surface area contributed by atoms with E-state index in [9.17, 15) is 4.21 Å². The summed E-state index contributed by atoms with van der Waals surface area (Å²) in [6.07, 6.45) is 1.14. The normalized spacial score (nSPS) is 14.7. The van der Waals surface area contributed by atoms with Crippen LogP contribution in [0.1, 0.15) is 34.1 Å². The highest BCUT2D eigenvalue weighted by Crippen LogP contribution is 2.10. The van der Waals surface area contributed by atoms with Gasteiger partial charge in [-0.05, 0) is 33.7 Å². The Kier molecular flexibility index (Phi) is 5.76. The molecule has 0 amide bonds. The lowest BCUT2D eigenvalue weighted by molar-refractivity contribution is 0.639. The molecule has 1 unspecified atom stereocenters. The van der Waals surface area contributed by atoms with E-state index in [1.165, 1.54) is 0 Å². The molecule has 0 aromatic rings. The topological polar surface area (TPSA) is 29.1 Å².